The van der Waals surface area contributed by atoms with Crippen molar-refractivity contribution in [1.82, 2.24) is 15.2 Å². The van der Waals surface area contributed by atoms with Crippen LogP contribution in [0.1, 0.15) is 5.82 Å². The summed E-state index contributed by atoms with van der Waals surface area (Å²) >= 11 is 0. The third-order valence-electron chi connectivity index (χ3n) is 2.76. The van der Waals surface area contributed by atoms with E-state index in [0.717, 1.165) is 10.8 Å². The predicted octanol–water partition coefficient (Wildman–Crippen LogP) is 3.64. The van der Waals surface area contributed by atoms with Crippen LogP contribution in [0.4, 0.5) is 13.2 Å². The van der Waals surface area contributed by atoms with Crippen LogP contribution in [0.2, 0.25) is 0 Å². The summed E-state index contributed by atoms with van der Waals surface area (Å²) in [5.41, 5.74) is 0.547. The fourth-order valence-corrected chi connectivity index (χ4v) is 1.85. The Morgan fingerprint density at radius 3 is 2.37 bits per heavy atom. The summed E-state index contributed by atoms with van der Waals surface area (Å²) in [6.07, 6.45) is -4.51. The number of H-pyrrole nitrogens is 1. The molecule has 3 nitrogen and oxygen atoms in total. The first kappa shape index (κ1) is 11.7. The highest BCUT2D eigenvalue weighted by Crippen LogP contribution is 2.28. The van der Waals surface area contributed by atoms with Crippen LogP contribution in [0.5, 0.6) is 0 Å². The van der Waals surface area contributed by atoms with E-state index in [1.54, 1.807) is 12.1 Å². The number of hydrogen-bond donors (Lipinski definition) is 1. The number of rotatable bonds is 1. The number of benzene rings is 2. The molecule has 0 fully saturated rings. The van der Waals surface area contributed by atoms with Gasteiger partial charge in [-0.15, -0.1) is 0 Å². The monoisotopic (exact) mass is 263 g/mol. The molecule has 0 radical (unpaired) electrons. The largest absolute Gasteiger partial charge is 0.451 e. The Labute approximate surface area is 106 Å². The van der Waals surface area contributed by atoms with E-state index in [-0.39, 0.29) is 5.82 Å². The molecule has 3 aromatic rings. The molecule has 19 heavy (non-hydrogen) atoms. The maximum atomic E-state index is 12.4. The molecule has 96 valence electrons. The fraction of sp³-hybridized carbons (Fsp3) is 0.0769. The van der Waals surface area contributed by atoms with Crippen LogP contribution in [0.15, 0.2) is 42.5 Å². The molecule has 0 saturated carbocycles. The molecule has 0 spiro atoms. The molecule has 0 amide bonds. The highest BCUT2D eigenvalue weighted by Gasteiger charge is 2.35. The molecule has 2 aromatic carbocycles. The van der Waals surface area contributed by atoms with Gasteiger partial charge in [0, 0.05) is 5.56 Å². The predicted molar refractivity (Wildman–Crippen MR) is 64.3 cm³/mol. The van der Waals surface area contributed by atoms with Gasteiger partial charge in [0.2, 0.25) is 5.82 Å². The van der Waals surface area contributed by atoms with Crippen molar-refractivity contribution in [2.24, 2.45) is 0 Å². The minimum absolute atomic E-state index is 0.0399. The molecule has 0 atom stereocenters. The smallest absolute Gasteiger partial charge is 0.255 e. The molecule has 1 heterocycles. The second-order valence-electron chi connectivity index (χ2n) is 4.07. The van der Waals surface area contributed by atoms with Gasteiger partial charge in [0.15, 0.2) is 5.82 Å². The van der Waals surface area contributed by atoms with Crippen LogP contribution in [-0.4, -0.2) is 15.2 Å². The molecule has 0 aliphatic carbocycles. The lowest BCUT2D eigenvalue weighted by molar-refractivity contribution is -0.144. The van der Waals surface area contributed by atoms with Crippen molar-refractivity contribution in [3.63, 3.8) is 0 Å². The first-order valence-corrected chi connectivity index (χ1v) is 5.53. The van der Waals surface area contributed by atoms with E-state index in [9.17, 15) is 13.2 Å². The van der Waals surface area contributed by atoms with Crippen molar-refractivity contribution < 1.29 is 13.2 Å². The summed E-state index contributed by atoms with van der Waals surface area (Å²) in [7, 11) is 0. The van der Waals surface area contributed by atoms with E-state index in [0.29, 0.717) is 5.56 Å². The lowest BCUT2D eigenvalue weighted by Gasteiger charge is -2.00. The van der Waals surface area contributed by atoms with Gasteiger partial charge in [0.05, 0.1) is 0 Å². The van der Waals surface area contributed by atoms with Gasteiger partial charge in [-0.1, -0.05) is 36.4 Å². The van der Waals surface area contributed by atoms with Crippen LogP contribution >= 0.6 is 0 Å². The summed E-state index contributed by atoms with van der Waals surface area (Å²) in [6.45, 7) is 0. The maximum absolute atomic E-state index is 12.4. The summed E-state index contributed by atoms with van der Waals surface area (Å²) in [4.78, 5) is 3.47. The highest BCUT2D eigenvalue weighted by atomic mass is 19.4. The van der Waals surface area contributed by atoms with E-state index in [4.69, 9.17) is 0 Å². The Balaban J connectivity index is 2.07. The quantitative estimate of drug-likeness (QED) is 0.728. The van der Waals surface area contributed by atoms with E-state index in [1.807, 2.05) is 35.4 Å². The van der Waals surface area contributed by atoms with Gasteiger partial charge in [-0.3, -0.25) is 5.10 Å². The summed E-state index contributed by atoms with van der Waals surface area (Å²) < 4.78 is 37.3. The number of halogens is 3. The lowest BCUT2D eigenvalue weighted by Crippen LogP contribution is -2.07. The minimum atomic E-state index is -4.51. The van der Waals surface area contributed by atoms with Crippen LogP contribution in [-0.2, 0) is 6.18 Å². The standard InChI is InChI=1S/C13H8F3N3/c14-13(15,16)12-17-11(18-19-12)10-6-5-8-3-1-2-4-9(8)7-10/h1-7H,(H,17,18,19). The van der Waals surface area contributed by atoms with Crippen molar-refractivity contribution in [2.45, 2.75) is 6.18 Å². The fourth-order valence-electron chi connectivity index (χ4n) is 1.85. The Morgan fingerprint density at radius 1 is 0.947 bits per heavy atom. The Kier molecular flexibility index (Phi) is 2.51. The summed E-state index contributed by atoms with van der Waals surface area (Å²) in [5, 5.41) is 7.45. The van der Waals surface area contributed by atoms with Gasteiger partial charge in [0.1, 0.15) is 0 Å². The van der Waals surface area contributed by atoms with Crippen molar-refractivity contribution >= 4 is 10.8 Å². The van der Waals surface area contributed by atoms with Gasteiger partial charge < -0.3 is 0 Å². The van der Waals surface area contributed by atoms with Crippen molar-refractivity contribution in [1.29, 1.82) is 0 Å². The topological polar surface area (TPSA) is 41.6 Å². The number of alkyl halides is 3. The zero-order valence-corrected chi connectivity index (χ0v) is 9.57. The SMILES string of the molecule is FC(F)(F)c1nc(-c2ccc3ccccc3c2)n[nH]1. The number of aromatic nitrogens is 3. The maximum Gasteiger partial charge on any atom is 0.451 e. The molecule has 0 aliphatic rings. The van der Waals surface area contributed by atoms with E-state index >= 15 is 0 Å². The Bertz CT molecular complexity index is 731. The molecular weight excluding hydrogens is 255 g/mol. The van der Waals surface area contributed by atoms with E-state index in [2.05, 4.69) is 10.1 Å². The molecule has 1 N–H and O–H groups in total. The van der Waals surface area contributed by atoms with Gasteiger partial charge in [-0.05, 0) is 16.8 Å². The number of nitrogens with one attached hydrogen (secondary N) is 1. The number of aromatic amines is 1. The average molecular weight is 263 g/mol. The van der Waals surface area contributed by atoms with E-state index in [1.165, 1.54) is 0 Å². The van der Waals surface area contributed by atoms with Crippen LogP contribution in [0, 0.1) is 0 Å². The van der Waals surface area contributed by atoms with Gasteiger partial charge in [-0.2, -0.15) is 18.3 Å². The first-order valence-electron chi connectivity index (χ1n) is 5.53. The van der Waals surface area contributed by atoms with Gasteiger partial charge in [0.25, 0.3) is 0 Å². The number of fused-ring (bicyclic) bond motifs is 1. The molecule has 0 aliphatic heterocycles. The Morgan fingerprint density at radius 2 is 1.68 bits per heavy atom. The molecule has 0 unspecified atom stereocenters. The minimum Gasteiger partial charge on any atom is -0.255 e. The van der Waals surface area contributed by atoms with Crippen molar-refractivity contribution in [3.8, 4) is 11.4 Å². The lowest BCUT2D eigenvalue weighted by atomic mass is 10.1. The number of hydrogen-bond acceptors (Lipinski definition) is 2. The van der Waals surface area contributed by atoms with Crippen LogP contribution < -0.4 is 0 Å². The second kappa shape index (κ2) is 4.08. The molecule has 3 rings (SSSR count). The van der Waals surface area contributed by atoms with Crippen LogP contribution in [0.25, 0.3) is 22.2 Å². The Hall–Kier alpha value is -2.37. The number of nitrogens with zero attached hydrogens (tertiary/aromatic N) is 2. The van der Waals surface area contributed by atoms with Gasteiger partial charge in [-0.25, -0.2) is 4.98 Å². The molecular formula is C13H8F3N3. The molecule has 0 saturated heterocycles. The average Bonchev–Trinajstić information content (AvgIpc) is 2.87. The highest BCUT2D eigenvalue weighted by molar-refractivity contribution is 5.86. The second-order valence-corrected chi connectivity index (χ2v) is 4.07. The van der Waals surface area contributed by atoms with Crippen molar-refractivity contribution in [3.05, 3.63) is 48.3 Å². The third-order valence-corrected chi connectivity index (χ3v) is 2.76. The first-order chi connectivity index (χ1) is 9.04. The summed E-state index contributed by atoms with van der Waals surface area (Å²) in [5.74, 6) is -1.05. The molecule has 6 heteroatoms. The summed E-state index contributed by atoms with van der Waals surface area (Å²) in [6, 6.07) is 12.9. The third kappa shape index (κ3) is 2.16. The van der Waals surface area contributed by atoms with Crippen LogP contribution in [0.3, 0.4) is 0 Å². The van der Waals surface area contributed by atoms with Gasteiger partial charge >= 0.3 is 6.18 Å². The normalized spacial score (nSPS) is 11.9. The molecule has 1 aromatic heterocycles. The zero-order chi connectivity index (χ0) is 13.5. The van der Waals surface area contributed by atoms with E-state index < -0.39 is 12.0 Å². The van der Waals surface area contributed by atoms with Crippen molar-refractivity contribution in [2.75, 3.05) is 0 Å². The molecule has 0 bridgehead atoms. The zero-order valence-electron chi connectivity index (χ0n) is 9.57.